The average molecular weight is 533 g/mol. The molecule has 0 unspecified atom stereocenters. The number of hydrogen-bond acceptors (Lipinski definition) is 7. The second-order valence-electron chi connectivity index (χ2n) is 9.16. The third-order valence-electron chi connectivity index (χ3n) is 5.97. The molecule has 1 heterocycles. The molecule has 0 radical (unpaired) electrons. The largest absolute Gasteiger partial charge is 0.491 e. The van der Waals surface area contributed by atoms with Crippen LogP contribution in [-0.4, -0.2) is 34.1 Å². The predicted molar refractivity (Wildman–Crippen MR) is 147 cm³/mol. The van der Waals surface area contributed by atoms with E-state index in [2.05, 4.69) is 13.8 Å². The van der Waals surface area contributed by atoms with E-state index >= 15 is 0 Å². The van der Waals surface area contributed by atoms with Gasteiger partial charge in [0.25, 0.3) is 16.8 Å². The van der Waals surface area contributed by atoms with Crippen LogP contribution in [0.2, 0.25) is 0 Å². The minimum Gasteiger partial charge on any atom is -0.491 e. The number of amides is 2. The number of aryl methyl sites for hydroxylation is 1. The van der Waals surface area contributed by atoms with Gasteiger partial charge in [0.1, 0.15) is 24.7 Å². The first-order chi connectivity index (χ1) is 18.2. The van der Waals surface area contributed by atoms with Crippen molar-refractivity contribution >= 4 is 34.7 Å². The van der Waals surface area contributed by atoms with Crippen molar-refractivity contribution in [1.82, 2.24) is 4.90 Å². The van der Waals surface area contributed by atoms with Crippen molar-refractivity contribution in [2.24, 2.45) is 0 Å². The van der Waals surface area contributed by atoms with Crippen LogP contribution < -0.4 is 9.47 Å². The third-order valence-corrected chi connectivity index (χ3v) is 6.88. The van der Waals surface area contributed by atoms with Crippen LogP contribution in [0.4, 0.5) is 10.5 Å². The highest BCUT2D eigenvalue weighted by Crippen LogP contribution is 2.33. The Morgan fingerprint density at radius 2 is 1.71 bits per heavy atom. The number of benzene rings is 3. The number of carbonyl (C=O) groups excluding carboxylic acids is 2. The topological polar surface area (TPSA) is 99.0 Å². The molecule has 4 rings (SSSR count). The van der Waals surface area contributed by atoms with E-state index in [1.807, 2.05) is 25.1 Å². The van der Waals surface area contributed by atoms with Gasteiger partial charge in [0.15, 0.2) is 0 Å². The summed E-state index contributed by atoms with van der Waals surface area (Å²) in [6, 6.07) is 19.4. The van der Waals surface area contributed by atoms with Crippen molar-refractivity contribution in [3.8, 4) is 11.5 Å². The lowest BCUT2D eigenvalue weighted by atomic mass is 10.0. The molecular weight excluding hydrogens is 504 g/mol. The first-order valence-corrected chi connectivity index (χ1v) is 13.0. The van der Waals surface area contributed by atoms with Gasteiger partial charge in [-0.25, -0.2) is 0 Å². The molecule has 0 spiro atoms. The molecule has 8 nitrogen and oxygen atoms in total. The van der Waals surface area contributed by atoms with Gasteiger partial charge in [-0.1, -0.05) is 38.1 Å². The molecule has 3 aromatic rings. The van der Waals surface area contributed by atoms with Gasteiger partial charge in [-0.2, -0.15) is 0 Å². The highest BCUT2D eigenvalue weighted by atomic mass is 32.2. The van der Waals surface area contributed by atoms with Crippen LogP contribution in [0.5, 0.6) is 11.5 Å². The zero-order valence-electron chi connectivity index (χ0n) is 21.4. The van der Waals surface area contributed by atoms with Gasteiger partial charge in [0.05, 0.1) is 16.4 Å². The SMILES string of the molecule is Cc1ccc(C(C)C)c(OCCN2C(=O)S/C(=C\c3ccc(OCc4ccc([N+](=O)[O-])cc4)cc3)C2=O)c1. The number of carbonyl (C=O) groups is 2. The van der Waals surface area contributed by atoms with Crippen molar-refractivity contribution in [1.29, 1.82) is 0 Å². The van der Waals surface area contributed by atoms with Crippen molar-refractivity contribution in [2.75, 3.05) is 13.2 Å². The van der Waals surface area contributed by atoms with E-state index in [4.69, 9.17) is 9.47 Å². The lowest BCUT2D eigenvalue weighted by Crippen LogP contribution is -2.32. The summed E-state index contributed by atoms with van der Waals surface area (Å²) in [5.74, 6) is 1.35. The number of ether oxygens (including phenoxy) is 2. The van der Waals surface area contributed by atoms with Crippen LogP contribution in [0, 0.1) is 17.0 Å². The first kappa shape index (κ1) is 26.9. The fraction of sp³-hybridized carbons (Fsp3) is 0.241. The second-order valence-corrected chi connectivity index (χ2v) is 10.2. The van der Waals surface area contributed by atoms with E-state index < -0.39 is 4.92 Å². The second kappa shape index (κ2) is 12.0. The average Bonchev–Trinajstić information content (AvgIpc) is 3.15. The van der Waals surface area contributed by atoms with Crippen molar-refractivity contribution in [3.05, 3.63) is 104 Å². The van der Waals surface area contributed by atoms with E-state index in [0.29, 0.717) is 16.6 Å². The smallest absolute Gasteiger partial charge is 0.293 e. The van der Waals surface area contributed by atoms with Crippen molar-refractivity contribution in [3.63, 3.8) is 0 Å². The number of nitrogens with zero attached hydrogens (tertiary/aromatic N) is 2. The molecule has 9 heteroatoms. The Labute approximate surface area is 225 Å². The number of non-ortho nitro benzene ring substituents is 1. The summed E-state index contributed by atoms with van der Waals surface area (Å²) in [5.41, 5.74) is 3.77. The molecule has 1 aliphatic rings. The fourth-order valence-corrected chi connectivity index (χ4v) is 4.74. The van der Waals surface area contributed by atoms with Gasteiger partial charge in [0, 0.05) is 12.1 Å². The summed E-state index contributed by atoms with van der Waals surface area (Å²) in [7, 11) is 0. The van der Waals surface area contributed by atoms with Crippen LogP contribution in [0.25, 0.3) is 6.08 Å². The third kappa shape index (κ3) is 6.60. The van der Waals surface area contributed by atoms with E-state index in [9.17, 15) is 19.7 Å². The molecule has 3 aromatic carbocycles. The Balaban J connectivity index is 1.32. The molecule has 2 amide bonds. The standard InChI is InChI=1S/C29H28N2O6S/c1-19(2)25-13-4-20(3)16-26(25)36-15-14-30-28(32)27(38-29(30)33)17-21-7-11-24(12-8-21)37-18-22-5-9-23(10-6-22)31(34)35/h4-13,16-17,19H,14-15,18H2,1-3H3/b27-17-. The molecule has 1 fully saturated rings. The zero-order valence-corrected chi connectivity index (χ0v) is 22.2. The van der Waals surface area contributed by atoms with Gasteiger partial charge < -0.3 is 9.47 Å². The van der Waals surface area contributed by atoms with E-state index in [0.717, 1.165) is 39.8 Å². The van der Waals surface area contributed by atoms with Gasteiger partial charge in [-0.15, -0.1) is 0 Å². The maximum Gasteiger partial charge on any atom is 0.293 e. The molecule has 196 valence electrons. The van der Waals surface area contributed by atoms with Crippen molar-refractivity contribution < 1.29 is 24.0 Å². The Hall–Kier alpha value is -4.11. The van der Waals surface area contributed by atoms with Gasteiger partial charge >= 0.3 is 0 Å². The monoisotopic (exact) mass is 532 g/mol. The van der Waals surface area contributed by atoms with Crippen LogP contribution in [0.3, 0.4) is 0 Å². The maximum atomic E-state index is 12.9. The normalized spacial score (nSPS) is 14.4. The molecular formula is C29H28N2O6S. The van der Waals surface area contributed by atoms with E-state index in [-0.39, 0.29) is 36.6 Å². The number of nitro benzene ring substituents is 1. The number of imide groups is 1. The molecule has 1 aliphatic heterocycles. The molecule has 0 aromatic heterocycles. The summed E-state index contributed by atoms with van der Waals surface area (Å²) in [5, 5.41) is 10.4. The van der Waals surface area contributed by atoms with Gasteiger partial charge in [-0.05, 0) is 83.3 Å². The lowest BCUT2D eigenvalue weighted by Gasteiger charge is -2.17. The zero-order chi connectivity index (χ0) is 27.2. The number of rotatable bonds is 10. The number of nitro groups is 1. The van der Waals surface area contributed by atoms with Crippen molar-refractivity contribution in [2.45, 2.75) is 33.3 Å². The Kier molecular flexibility index (Phi) is 8.48. The number of thioether (sulfide) groups is 1. The van der Waals surface area contributed by atoms with Crippen LogP contribution >= 0.6 is 11.8 Å². The Morgan fingerprint density at radius 3 is 2.37 bits per heavy atom. The summed E-state index contributed by atoms with van der Waals surface area (Å²) in [6.07, 6.45) is 1.68. The molecule has 0 aliphatic carbocycles. The van der Waals surface area contributed by atoms with E-state index in [1.165, 1.54) is 17.0 Å². The first-order valence-electron chi connectivity index (χ1n) is 12.2. The molecule has 0 saturated carbocycles. The molecule has 1 saturated heterocycles. The van der Waals surface area contributed by atoms with Gasteiger partial charge in [0.2, 0.25) is 0 Å². The van der Waals surface area contributed by atoms with Gasteiger partial charge in [-0.3, -0.25) is 24.6 Å². The highest BCUT2D eigenvalue weighted by molar-refractivity contribution is 8.18. The minimum absolute atomic E-state index is 0.0292. The van der Waals surface area contributed by atoms with Crippen LogP contribution in [0.15, 0.2) is 71.6 Å². The summed E-state index contributed by atoms with van der Waals surface area (Å²) in [4.78, 5) is 37.3. The Morgan fingerprint density at radius 1 is 1.00 bits per heavy atom. The molecule has 0 atom stereocenters. The van der Waals surface area contributed by atoms with Crippen LogP contribution in [0.1, 0.15) is 42.0 Å². The number of hydrogen-bond donors (Lipinski definition) is 0. The summed E-state index contributed by atoms with van der Waals surface area (Å²) < 4.78 is 11.7. The predicted octanol–water partition coefficient (Wildman–Crippen LogP) is 6.72. The lowest BCUT2D eigenvalue weighted by molar-refractivity contribution is -0.384. The molecule has 38 heavy (non-hydrogen) atoms. The summed E-state index contributed by atoms with van der Waals surface area (Å²) in [6.45, 7) is 6.83. The molecule has 0 N–H and O–H groups in total. The minimum atomic E-state index is -0.445. The fourth-order valence-electron chi connectivity index (χ4n) is 3.88. The van der Waals surface area contributed by atoms with Crippen LogP contribution in [-0.2, 0) is 11.4 Å². The Bertz CT molecular complexity index is 1370. The molecule has 0 bridgehead atoms. The van der Waals surface area contributed by atoms with E-state index in [1.54, 1.807) is 42.5 Å². The highest BCUT2D eigenvalue weighted by Gasteiger charge is 2.34. The summed E-state index contributed by atoms with van der Waals surface area (Å²) >= 11 is 0.912. The maximum absolute atomic E-state index is 12.9. The quantitative estimate of drug-likeness (QED) is 0.162.